The highest BCUT2D eigenvalue weighted by atomic mass is 35.5. The first kappa shape index (κ1) is 29.1. The van der Waals surface area contributed by atoms with Crippen LogP contribution in [0.1, 0.15) is 91.2 Å². The summed E-state index contributed by atoms with van der Waals surface area (Å²) in [6.45, 7) is 17.0. The molecule has 0 bridgehead atoms. The lowest BCUT2D eigenvalue weighted by Crippen LogP contribution is -1.95. The Morgan fingerprint density at radius 3 is 1.71 bits per heavy atom. The van der Waals surface area contributed by atoms with Crippen molar-refractivity contribution >= 4 is 11.6 Å². The third-order valence-electron chi connectivity index (χ3n) is 4.84. The average molecular weight is 445 g/mol. The van der Waals surface area contributed by atoms with E-state index in [0.29, 0.717) is 11.8 Å². The fourth-order valence-electron chi connectivity index (χ4n) is 2.82. The summed E-state index contributed by atoms with van der Waals surface area (Å²) >= 11 is 5.72. The van der Waals surface area contributed by atoms with Crippen LogP contribution in [-0.2, 0) is 0 Å². The van der Waals surface area contributed by atoms with Crippen molar-refractivity contribution in [1.29, 1.82) is 0 Å². The van der Waals surface area contributed by atoms with E-state index < -0.39 is 0 Å². The third-order valence-corrected chi connectivity index (χ3v) is 5.09. The molecule has 0 radical (unpaired) electrons. The summed E-state index contributed by atoms with van der Waals surface area (Å²) < 4.78 is 12.5. The van der Waals surface area contributed by atoms with E-state index in [2.05, 4.69) is 71.9 Å². The maximum Gasteiger partial charge on any atom is 0.123 e. The van der Waals surface area contributed by atoms with E-state index in [4.69, 9.17) is 11.6 Å². The molecule has 2 heteroatoms. The monoisotopic (exact) mass is 444 g/mol. The summed E-state index contributed by atoms with van der Waals surface area (Å²) in [6, 6.07) is 14.7. The van der Waals surface area contributed by atoms with Gasteiger partial charge in [0.1, 0.15) is 5.82 Å². The van der Waals surface area contributed by atoms with Crippen LogP contribution in [0, 0.1) is 11.7 Å². The van der Waals surface area contributed by atoms with Gasteiger partial charge in [0.25, 0.3) is 0 Å². The molecule has 0 atom stereocenters. The predicted molar refractivity (Wildman–Crippen MR) is 139 cm³/mol. The second-order valence-corrected chi connectivity index (χ2v) is 8.72. The highest BCUT2D eigenvalue weighted by Crippen LogP contribution is 2.19. The second-order valence-electron chi connectivity index (χ2n) is 8.28. The van der Waals surface area contributed by atoms with Crippen molar-refractivity contribution in [2.24, 2.45) is 5.92 Å². The van der Waals surface area contributed by atoms with E-state index in [-0.39, 0.29) is 5.82 Å². The highest BCUT2D eigenvalue weighted by Gasteiger charge is 2.02. The van der Waals surface area contributed by atoms with Gasteiger partial charge in [-0.05, 0) is 66.0 Å². The molecular formula is C29H42ClF. The first-order valence-corrected chi connectivity index (χ1v) is 11.9. The number of benzene rings is 2. The first-order chi connectivity index (χ1) is 14.7. The molecule has 2 aromatic rings. The van der Waals surface area contributed by atoms with Crippen LogP contribution in [0.4, 0.5) is 4.39 Å². The SMILES string of the molecule is CC.CC(C)C1=CC=CCC1.CC(C)c1ccc(Cl)cc1.CC(C)c1cccc(F)c1. The summed E-state index contributed by atoms with van der Waals surface area (Å²) in [5.74, 6) is 1.61. The van der Waals surface area contributed by atoms with Gasteiger partial charge in [-0.1, -0.05) is 115 Å². The Morgan fingerprint density at radius 1 is 0.774 bits per heavy atom. The van der Waals surface area contributed by atoms with Gasteiger partial charge < -0.3 is 0 Å². The van der Waals surface area contributed by atoms with Crippen LogP contribution in [0.3, 0.4) is 0 Å². The zero-order valence-electron chi connectivity index (χ0n) is 20.8. The second kappa shape index (κ2) is 16.8. The minimum Gasteiger partial charge on any atom is -0.207 e. The zero-order chi connectivity index (χ0) is 23.8. The molecule has 0 aromatic heterocycles. The molecule has 0 amide bonds. The molecule has 0 saturated carbocycles. The van der Waals surface area contributed by atoms with Crippen LogP contribution in [0.25, 0.3) is 0 Å². The zero-order valence-corrected chi connectivity index (χ0v) is 21.5. The Balaban J connectivity index is 0.000000419. The Bertz CT molecular complexity index is 768. The Morgan fingerprint density at radius 2 is 1.35 bits per heavy atom. The van der Waals surface area contributed by atoms with Gasteiger partial charge in [-0.3, -0.25) is 0 Å². The molecule has 0 nitrogen and oxygen atoms in total. The van der Waals surface area contributed by atoms with Crippen molar-refractivity contribution < 1.29 is 4.39 Å². The molecule has 0 N–H and O–H groups in total. The summed E-state index contributed by atoms with van der Waals surface area (Å²) in [6.07, 6.45) is 9.15. The van der Waals surface area contributed by atoms with E-state index in [1.54, 1.807) is 17.7 Å². The van der Waals surface area contributed by atoms with Gasteiger partial charge in [-0.2, -0.15) is 0 Å². The van der Waals surface area contributed by atoms with Crippen LogP contribution in [0.5, 0.6) is 0 Å². The van der Waals surface area contributed by atoms with E-state index in [1.165, 1.54) is 24.5 Å². The van der Waals surface area contributed by atoms with Crippen molar-refractivity contribution in [2.45, 2.75) is 80.1 Å². The minimum absolute atomic E-state index is 0.147. The van der Waals surface area contributed by atoms with Crippen molar-refractivity contribution in [3.63, 3.8) is 0 Å². The molecule has 1 aliphatic carbocycles. The number of allylic oxidation sites excluding steroid dienone is 4. The summed E-state index contributed by atoms with van der Waals surface area (Å²) in [5.41, 5.74) is 3.99. The largest absolute Gasteiger partial charge is 0.207 e. The molecular weight excluding hydrogens is 403 g/mol. The third kappa shape index (κ3) is 13.2. The Hall–Kier alpha value is -1.86. The van der Waals surface area contributed by atoms with Crippen LogP contribution in [-0.4, -0.2) is 0 Å². The fraction of sp³-hybridized carbons (Fsp3) is 0.448. The highest BCUT2D eigenvalue weighted by molar-refractivity contribution is 6.30. The summed E-state index contributed by atoms with van der Waals surface area (Å²) in [7, 11) is 0. The molecule has 1 aliphatic rings. The van der Waals surface area contributed by atoms with Crippen LogP contribution in [0.2, 0.25) is 5.02 Å². The number of rotatable bonds is 3. The van der Waals surface area contributed by atoms with Crippen molar-refractivity contribution in [3.8, 4) is 0 Å². The quantitative estimate of drug-likeness (QED) is 0.441. The molecule has 2 aromatic carbocycles. The smallest absolute Gasteiger partial charge is 0.123 e. The normalized spacial score (nSPS) is 12.2. The molecule has 0 fully saturated rings. The van der Waals surface area contributed by atoms with Crippen molar-refractivity contribution in [3.05, 3.63) is 94.3 Å². The van der Waals surface area contributed by atoms with Gasteiger partial charge >= 0.3 is 0 Å². The first-order valence-electron chi connectivity index (χ1n) is 11.6. The maximum absolute atomic E-state index is 12.5. The predicted octanol–water partition coefficient (Wildman–Crippen LogP) is 10.4. The van der Waals surface area contributed by atoms with Gasteiger partial charge in [0.2, 0.25) is 0 Å². The molecule has 172 valence electrons. The molecule has 0 aliphatic heterocycles. The van der Waals surface area contributed by atoms with Crippen molar-refractivity contribution in [2.75, 3.05) is 0 Å². The lowest BCUT2D eigenvalue weighted by atomic mass is 9.95. The summed E-state index contributed by atoms with van der Waals surface area (Å²) in [5, 5.41) is 0.810. The van der Waals surface area contributed by atoms with Gasteiger partial charge in [0, 0.05) is 5.02 Å². The van der Waals surface area contributed by atoms with Crippen LogP contribution in [0.15, 0.2) is 72.3 Å². The van der Waals surface area contributed by atoms with Crippen LogP contribution < -0.4 is 0 Å². The fourth-order valence-corrected chi connectivity index (χ4v) is 2.94. The number of hydrogen-bond acceptors (Lipinski definition) is 0. The van der Waals surface area contributed by atoms with Gasteiger partial charge in [-0.15, -0.1) is 0 Å². The van der Waals surface area contributed by atoms with E-state index in [0.717, 1.165) is 16.5 Å². The van der Waals surface area contributed by atoms with Gasteiger partial charge in [0.05, 0.1) is 0 Å². The Kier molecular flexibility index (Phi) is 15.8. The topological polar surface area (TPSA) is 0 Å². The minimum atomic E-state index is -0.147. The molecule has 0 unspecified atom stereocenters. The molecule has 0 heterocycles. The van der Waals surface area contributed by atoms with E-state index in [9.17, 15) is 4.39 Å². The lowest BCUT2D eigenvalue weighted by molar-refractivity contribution is 0.623. The van der Waals surface area contributed by atoms with E-state index in [1.807, 2.05) is 32.0 Å². The molecule has 31 heavy (non-hydrogen) atoms. The average Bonchev–Trinajstić information content (AvgIpc) is 2.77. The van der Waals surface area contributed by atoms with Gasteiger partial charge in [0.15, 0.2) is 0 Å². The number of halogens is 2. The number of hydrogen-bond donors (Lipinski definition) is 0. The molecule has 0 spiro atoms. The Labute approximate surface area is 196 Å². The summed E-state index contributed by atoms with van der Waals surface area (Å²) in [4.78, 5) is 0. The lowest BCUT2D eigenvalue weighted by Gasteiger charge is -2.11. The standard InChI is InChI=1S/C9H11Cl.C9H11F.C9H14.C2H6/c1-7(2)8-3-5-9(10)6-4-8;1-7(2)8-4-3-5-9(10)6-8;1-8(2)9-6-4-3-5-7-9;1-2/h2*3-7H,1-2H3;3-4,6,8H,5,7H2,1-2H3;1-2H3. The van der Waals surface area contributed by atoms with Gasteiger partial charge in [-0.25, -0.2) is 4.39 Å². The molecule has 3 rings (SSSR count). The molecule has 0 saturated heterocycles. The van der Waals surface area contributed by atoms with Crippen LogP contribution >= 0.6 is 11.6 Å². The van der Waals surface area contributed by atoms with Crippen molar-refractivity contribution in [1.82, 2.24) is 0 Å². The van der Waals surface area contributed by atoms with E-state index >= 15 is 0 Å². The maximum atomic E-state index is 12.5.